The number of carbonyl (C=O) groups is 1. The van der Waals surface area contributed by atoms with Crippen LogP contribution < -0.4 is 14.4 Å². The Balaban J connectivity index is 1.48. The second-order valence-corrected chi connectivity index (χ2v) is 9.25. The van der Waals surface area contributed by atoms with Gasteiger partial charge in [0, 0.05) is 23.4 Å². The van der Waals surface area contributed by atoms with Gasteiger partial charge in [0.2, 0.25) is 0 Å². The van der Waals surface area contributed by atoms with E-state index in [2.05, 4.69) is 26.8 Å². The van der Waals surface area contributed by atoms with Crippen molar-refractivity contribution in [3.05, 3.63) is 34.3 Å². The van der Waals surface area contributed by atoms with E-state index in [0.717, 1.165) is 42.1 Å². The first-order valence-electron chi connectivity index (χ1n) is 10.2. The molecule has 0 saturated heterocycles. The Morgan fingerprint density at radius 1 is 1.32 bits per heavy atom. The molecule has 0 radical (unpaired) electrons. The van der Waals surface area contributed by atoms with Gasteiger partial charge in [-0.2, -0.15) is 0 Å². The molecule has 0 N–H and O–H groups in total. The Morgan fingerprint density at radius 3 is 2.93 bits per heavy atom. The summed E-state index contributed by atoms with van der Waals surface area (Å²) in [7, 11) is 0. The highest BCUT2D eigenvalue weighted by Gasteiger charge is 2.32. The number of aromatic nitrogens is 1. The van der Waals surface area contributed by atoms with E-state index in [9.17, 15) is 4.79 Å². The average molecular weight is 401 g/mol. The van der Waals surface area contributed by atoms with Crippen LogP contribution in [0.1, 0.15) is 56.2 Å². The third kappa shape index (κ3) is 3.88. The molecule has 4 rings (SSSR count). The third-order valence-corrected chi connectivity index (χ3v) is 6.40. The highest BCUT2D eigenvalue weighted by Crippen LogP contribution is 2.41. The maximum absolute atomic E-state index is 13.0. The zero-order valence-corrected chi connectivity index (χ0v) is 17.7. The molecular weight excluding hydrogens is 372 g/mol. The van der Waals surface area contributed by atoms with Crippen LogP contribution >= 0.6 is 11.3 Å². The zero-order valence-electron chi connectivity index (χ0n) is 16.9. The fourth-order valence-electron chi connectivity index (χ4n) is 3.92. The minimum atomic E-state index is -0.236. The number of benzene rings is 1. The van der Waals surface area contributed by atoms with Crippen molar-refractivity contribution in [2.45, 2.75) is 64.9 Å². The quantitative estimate of drug-likeness (QED) is 0.713. The molecule has 5 nitrogen and oxygen atoms in total. The summed E-state index contributed by atoms with van der Waals surface area (Å²) in [6, 6.07) is 5.89. The normalized spacial score (nSPS) is 16.8. The van der Waals surface area contributed by atoms with E-state index in [1.54, 1.807) is 16.2 Å². The number of aryl methyl sites for hydroxylation is 2. The van der Waals surface area contributed by atoms with Crippen molar-refractivity contribution in [3.8, 4) is 11.5 Å². The van der Waals surface area contributed by atoms with Gasteiger partial charge in [-0.05, 0) is 52.0 Å². The molecule has 0 bridgehead atoms. The standard InChI is InChI=1S/C22H28N2O3S/c1-4-12-24(21-23-16-9-5-6-11-18(16)28-21)19(25)14-26-17-10-7-8-15-13-22(2,3)27-20(15)17/h7-8,10H,4-6,9,11-14H2,1-3H3. The smallest absolute Gasteiger partial charge is 0.266 e. The first kappa shape index (κ1) is 19.2. The van der Waals surface area contributed by atoms with Crippen LogP contribution in [0.3, 0.4) is 0 Å². The number of anilines is 1. The number of carbonyl (C=O) groups excluding carboxylic acids is 1. The second kappa shape index (κ2) is 7.74. The summed E-state index contributed by atoms with van der Waals surface area (Å²) in [5, 5.41) is 0.818. The van der Waals surface area contributed by atoms with Crippen LogP contribution in [-0.2, 0) is 24.1 Å². The van der Waals surface area contributed by atoms with E-state index in [1.165, 1.54) is 23.4 Å². The van der Waals surface area contributed by atoms with Gasteiger partial charge < -0.3 is 9.47 Å². The Bertz CT molecular complexity index is 851. The Morgan fingerprint density at radius 2 is 2.14 bits per heavy atom. The first-order valence-corrected chi connectivity index (χ1v) is 11.0. The average Bonchev–Trinajstić information content (AvgIpc) is 3.23. The fraction of sp³-hybridized carbons (Fsp3) is 0.545. The van der Waals surface area contributed by atoms with Gasteiger partial charge in [0.15, 0.2) is 23.2 Å². The van der Waals surface area contributed by atoms with Crippen molar-refractivity contribution in [2.24, 2.45) is 0 Å². The molecule has 1 aromatic carbocycles. The molecule has 0 fully saturated rings. The number of nitrogens with zero attached hydrogens (tertiary/aromatic N) is 2. The fourth-order valence-corrected chi connectivity index (χ4v) is 5.11. The molecule has 0 atom stereocenters. The van der Waals surface area contributed by atoms with Gasteiger partial charge in [-0.1, -0.05) is 19.1 Å². The summed E-state index contributed by atoms with van der Waals surface area (Å²) in [5.74, 6) is 1.36. The van der Waals surface area contributed by atoms with E-state index < -0.39 is 0 Å². The number of fused-ring (bicyclic) bond motifs is 2. The van der Waals surface area contributed by atoms with Crippen molar-refractivity contribution in [1.29, 1.82) is 0 Å². The Kier molecular flexibility index (Phi) is 5.32. The van der Waals surface area contributed by atoms with Gasteiger partial charge in [-0.25, -0.2) is 4.98 Å². The zero-order chi connectivity index (χ0) is 19.7. The number of thiazole rings is 1. The van der Waals surface area contributed by atoms with Gasteiger partial charge in [0.25, 0.3) is 5.91 Å². The van der Waals surface area contributed by atoms with Crippen LogP contribution in [0, 0.1) is 0 Å². The van der Waals surface area contributed by atoms with Gasteiger partial charge >= 0.3 is 0 Å². The molecule has 150 valence electrons. The number of ether oxygens (including phenoxy) is 2. The molecule has 6 heteroatoms. The van der Waals surface area contributed by atoms with Gasteiger partial charge in [-0.15, -0.1) is 11.3 Å². The van der Waals surface area contributed by atoms with Crippen LogP contribution in [0.25, 0.3) is 0 Å². The van der Waals surface area contributed by atoms with Crippen molar-refractivity contribution in [1.82, 2.24) is 4.98 Å². The first-order chi connectivity index (χ1) is 13.5. The molecule has 0 spiro atoms. The van der Waals surface area contributed by atoms with Crippen LogP contribution in [-0.4, -0.2) is 29.6 Å². The summed E-state index contributed by atoms with van der Waals surface area (Å²) < 4.78 is 12.0. The molecule has 0 saturated carbocycles. The van der Waals surface area contributed by atoms with E-state index in [4.69, 9.17) is 14.5 Å². The van der Waals surface area contributed by atoms with Gasteiger partial charge in [0.1, 0.15) is 5.60 Å². The highest BCUT2D eigenvalue weighted by molar-refractivity contribution is 7.16. The molecule has 2 heterocycles. The topological polar surface area (TPSA) is 51.7 Å². The van der Waals surface area contributed by atoms with E-state index in [0.29, 0.717) is 12.3 Å². The predicted octanol–water partition coefficient (Wildman–Crippen LogP) is 4.56. The lowest BCUT2D eigenvalue weighted by Crippen LogP contribution is -2.35. The molecule has 2 aliphatic rings. The predicted molar refractivity (Wildman–Crippen MR) is 112 cm³/mol. The number of rotatable bonds is 6. The van der Waals surface area contributed by atoms with Crippen LogP contribution in [0.15, 0.2) is 18.2 Å². The Hall–Kier alpha value is -2.08. The number of para-hydroxylation sites is 1. The van der Waals surface area contributed by atoms with Crippen molar-refractivity contribution in [2.75, 3.05) is 18.1 Å². The van der Waals surface area contributed by atoms with E-state index in [1.807, 2.05) is 12.1 Å². The molecule has 1 aliphatic heterocycles. The number of hydrogen-bond acceptors (Lipinski definition) is 5. The molecular formula is C22H28N2O3S. The number of hydrogen-bond donors (Lipinski definition) is 0. The monoisotopic (exact) mass is 400 g/mol. The molecule has 1 aromatic heterocycles. The second-order valence-electron chi connectivity index (χ2n) is 8.19. The van der Waals surface area contributed by atoms with Crippen LogP contribution in [0.5, 0.6) is 11.5 Å². The highest BCUT2D eigenvalue weighted by atomic mass is 32.1. The largest absolute Gasteiger partial charge is 0.483 e. The van der Waals surface area contributed by atoms with Gasteiger partial charge in [-0.3, -0.25) is 9.69 Å². The molecule has 1 aliphatic carbocycles. The van der Waals surface area contributed by atoms with Crippen molar-refractivity contribution >= 4 is 22.4 Å². The molecule has 2 aromatic rings. The maximum Gasteiger partial charge on any atom is 0.266 e. The lowest BCUT2D eigenvalue weighted by Gasteiger charge is -2.20. The molecule has 1 amide bonds. The lowest BCUT2D eigenvalue weighted by atomic mass is 10.0. The maximum atomic E-state index is 13.0. The summed E-state index contributed by atoms with van der Waals surface area (Å²) >= 11 is 1.67. The number of amides is 1. The summed E-state index contributed by atoms with van der Waals surface area (Å²) in [5.41, 5.74) is 2.07. The Labute approximate surface area is 170 Å². The summed E-state index contributed by atoms with van der Waals surface area (Å²) in [6.07, 6.45) is 6.25. The van der Waals surface area contributed by atoms with E-state index in [-0.39, 0.29) is 18.1 Å². The van der Waals surface area contributed by atoms with Crippen molar-refractivity contribution < 1.29 is 14.3 Å². The summed E-state index contributed by atoms with van der Waals surface area (Å²) in [6.45, 7) is 6.86. The molecule has 28 heavy (non-hydrogen) atoms. The third-order valence-electron chi connectivity index (χ3n) is 5.22. The summed E-state index contributed by atoms with van der Waals surface area (Å²) in [4.78, 5) is 20.9. The SMILES string of the molecule is CCCN(C(=O)COc1cccc2c1OC(C)(C)C2)c1nc2c(s1)CCCC2. The van der Waals surface area contributed by atoms with Gasteiger partial charge in [0.05, 0.1) is 5.69 Å². The van der Waals surface area contributed by atoms with Crippen LogP contribution in [0.2, 0.25) is 0 Å². The minimum Gasteiger partial charge on any atom is -0.483 e. The van der Waals surface area contributed by atoms with Crippen molar-refractivity contribution in [3.63, 3.8) is 0 Å². The van der Waals surface area contributed by atoms with Crippen LogP contribution in [0.4, 0.5) is 5.13 Å². The molecule has 0 unspecified atom stereocenters. The van der Waals surface area contributed by atoms with E-state index >= 15 is 0 Å². The minimum absolute atomic E-state index is 0.00944. The lowest BCUT2D eigenvalue weighted by molar-refractivity contribution is -0.120.